The van der Waals surface area contributed by atoms with Crippen molar-refractivity contribution in [3.05, 3.63) is 27.7 Å². The van der Waals surface area contributed by atoms with E-state index in [9.17, 15) is 5.11 Å². The minimum atomic E-state index is -0.131. The lowest BCUT2D eigenvalue weighted by molar-refractivity contribution is 0.116. The van der Waals surface area contributed by atoms with Gasteiger partial charge in [0, 0.05) is 17.6 Å². The number of hydrogen-bond donors (Lipinski definition) is 3. The van der Waals surface area contributed by atoms with Gasteiger partial charge in [-0.25, -0.2) is 0 Å². The number of aliphatic hydroxyl groups excluding tert-OH is 1. The fourth-order valence-corrected chi connectivity index (χ4v) is 2.85. The van der Waals surface area contributed by atoms with Gasteiger partial charge < -0.3 is 16.2 Å². The van der Waals surface area contributed by atoms with E-state index >= 15 is 0 Å². The topological polar surface area (TPSA) is 58.3 Å². The van der Waals surface area contributed by atoms with Gasteiger partial charge in [-0.2, -0.15) is 0 Å². The van der Waals surface area contributed by atoms with Crippen LogP contribution in [0.3, 0.4) is 0 Å². The highest BCUT2D eigenvalue weighted by Gasteiger charge is 2.19. The summed E-state index contributed by atoms with van der Waals surface area (Å²) in [6.07, 6.45) is 3.59. The van der Waals surface area contributed by atoms with E-state index in [1.807, 2.05) is 6.07 Å². The molecular formula is C13H18Cl2N2O. The molecule has 3 nitrogen and oxygen atoms in total. The Balaban J connectivity index is 1.94. The van der Waals surface area contributed by atoms with Gasteiger partial charge in [0.15, 0.2) is 0 Å². The Kier molecular flexibility index (Phi) is 4.73. The van der Waals surface area contributed by atoms with Crippen LogP contribution < -0.4 is 11.1 Å². The molecule has 0 heterocycles. The molecule has 5 heteroatoms. The summed E-state index contributed by atoms with van der Waals surface area (Å²) in [6.45, 7) is 0.660. The molecule has 1 aromatic rings. The van der Waals surface area contributed by atoms with Crippen LogP contribution in [0, 0.1) is 0 Å². The molecule has 0 atom stereocenters. The van der Waals surface area contributed by atoms with Crippen molar-refractivity contribution >= 4 is 28.9 Å². The number of nitrogens with two attached hydrogens (primary N) is 1. The van der Waals surface area contributed by atoms with Crippen LogP contribution >= 0.6 is 23.2 Å². The van der Waals surface area contributed by atoms with Crippen LogP contribution in [0.25, 0.3) is 0 Å². The lowest BCUT2D eigenvalue weighted by Crippen LogP contribution is -2.34. The van der Waals surface area contributed by atoms with Gasteiger partial charge in [-0.05, 0) is 43.4 Å². The molecule has 4 N–H and O–H groups in total. The summed E-state index contributed by atoms with van der Waals surface area (Å²) in [4.78, 5) is 0. The number of aliphatic hydroxyl groups is 1. The number of halogens is 2. The summed E-state index contributed by atoms with van der Waals surface area (Å²) in [5.41, 5.74) is 7.44. The zero-order chi connectivity index (χ0) is 13.1. The van der Waals surface area contributed by atoms with E-state index in [0.717, 1.165) is 31.2 Å². The monoisotopic (exact) mass is 288 g/mol. The molecule has 0 spiro atoms. The summed E-state index contributed by atoms with van der Waals surface area (Å²) in [5, 5.41) is 14.0. The van der Waals surface area contributed by atoms with Gasteiger partial charge >= 0.3 is 0 Å². The van der Waals surface area contributed by atoms with Crippen molar-refractivity contribution in [3.63, 3.8) is 0 Å². The summed E-state index contributed by atoms with van der Waals surface area (Å²) >= 11 is 12.0. The van der Waals surface area contributed by atoms with Gasteiger partial charge in [0.05, 0.1) is 16.8 Å². The lowest BCUT2D eigenvalue weighted by atomic mass is 9.93. The molecule has 0 amide bonds. The molecule has 0 saturated heterocycles. The molecule has 0 unspecified atom stereocenters. The first-order valence-electron chi connectivity index (χ1n) is 6.21. The Morgan fingerprint density at radius 2 is 1.89 bits per heavy atom. The molecule has 1 aromatic carbocycles. The largest absolute Gasteiger partial charge is 0.397 e. The van der Waals surface area contributed by atoms with Crippen molar-refractivity contribution in [2.75, 3.05) is 5.73 Å². The van der Waals surface area contributed by atoms with Gasteiger partial charge in [0.25, 0.3) is 0 Å². The Labute approximate surface area is 117 Å². The highest BCUT2D eigenvalue weighted by molar-refractivity contribution is 6.36. The lowest BCUT2D eigenvalue weighted by Gasteiger charge is -2.26. The van der Waals surface area contributed by atoms with E-state index in [1.165, 1.54) is 0 Å². The van der Waals surface area contributed by atoms with Crippen LogP contribution in [0.1, 0.15) is 31.2 Å². The van der Waals surface area contributed by atoms with Gasteiger partial charge in [0.1, 0.15) is 0 Å². The Morgan fingerprint density at radius 1 is 1.22 bits per heavy atom. The molecule has 0 aromatic heterocycles. The van der Waals surface area contributed by atoms with Crippen LogP contribution in [0.4, 0.5) is 5.69 Å². The van der Waals surface area contributed by atoms with Crippen molar-refractivity contribution < 1.29 is 5.11 Å². The highest BCUT2D eigenvalue weighted by Crippen LogP contribution is 2.28. The maximum absolute atomic E-state index is 9.45. The first kappa shape index (κ1) is 13.9. The number of anilines is 1. The molecule has 18 heavy (non-hydrogen) atoms. The summed E-state index contributed by atoms with van der Waals surface area (Å²) in [6, 6.07) is 3.93. The van der Waals surface area contributed by atoms with E-state index in [4.69, 9.17) is 28.9 Å². The summed E-state index contributed by atoms with van der Waals surface area (Å²) in [7, 11) is 0. The Bertz CT molecular complexity index is 418. The Hall–Kier alpha value is -0.480. The van der Waals surface area contributed by atoms with Gasteiger partial charge in [0.2, 0.25) is 0 Å². The van der Waals surface area contributed by atoms with Crippen LogP contribution in [-0.4, -0.2) is 17.3 Å². The minimum Gasteiger partial charge on any atom is -0.397 e. The average Bonchev–Trinajstić information content (AvgIpc) is 2.34. The molecule has 1 saturated carbocycles. The van der Waals surface area contributed by atoms with Crippen LogP contribution in [0.2, 0.25) is 10.0 Å². The third kappa shape index (κ3) is 3.51. The SMILES string of the molecule is Nc1c(Cl)cc(Cl)cc1CNC1CCC(O)CC1. The zero-order valence-electron chi connectivity index (χ0n) is 10.1. The second kappa shape index (κ2) is 6.11. The molecule has 0 bridgehead atoms. The van der Waals surface area contributed by atoms with Crippen molar-refractivity contribution in [1.29, 1.82) is 0 Å². The highest BCUT2D eigenvalue weighted by atomic mass is 35.5. The standard InChI is InChI=1S/C13H18Cl2N2O/c14-9-5-8(13(16)12(15)6-9)7-17-10-1-3-11(18)4-2-10/h5-6,10-11,17-18H,1-4,7,16H2. The average molecular weight is 289 g/mol. The van der Waals surface area contributed by atoms with Crippen molar-refractivity contribution in [3.8, 4) is 0 Å². The van der Waals surface area contributed by atoms with Crippen LogP contribution in [0.15, 0.2) is 12.1 Å². The quantitative estimate of drug-likeness (QED) is 0.750. The molecule has 1 aliphatic carbocycles. The van der Waals surface area contributed by atoms with Crippen molar-refractivity contribution in [2.45, 2.75) is 44.4 Å². The van der Waals surface area contributed by atoms with Crippen molar-refractivity contribution in [1.82, 2.24) is 5.32 Å². The number of nitrogens with one attached hydrogen (secondary N) is 1. The molecule has 0 aliphatic heterocycles. The minimum absolute atomic E-state index is 0.131. The predicted octanol–water partition coefficient (Wildman–Crippen LogP) is 2.97. The summed E-state index contributed by atoms with van der Waals surface area (Å²) in [5.74, 6) is 0. The fraction of sp³-hybridized carbons (Fsp3) is 0.538. The second-order valence-electron chi connectivity index (χ2n) is 4.85. The number of hydrogen-bond acceptors (Lipinski definition) is 3. The number of rotatable bonds is 3. The van der Waals surface area contributed by atoms with E-state index < -0.39 is 0 Å². The first-order valence-corrected chi connectivity index (χ1v) is 6.96. The normalized spacial score (nSPS) is 24.2. The van der Waals surface area contributed by atoms with E-state index in [0.29, 0.717) is 28.3 Å². The van der Waals surface area contributed by atoms with Gasteiger partial charge in [-0.3, -0.25) is 0 Å². The fourth-order valence-electron chi connectivity index (χ4n) is 2.32. The molecule has 1 aliphatic rings. The maximum atomic E-state index is 9.45. The molecule has 1 fully saturated rings. The second-order valence-corrected chi connectivity index (χ2v) is 5.69. The molecular weight excluding hydrogens is 271 g/mol. The van der Waals surface area contributed by atoms with Crippen molar-refractivity contribution in [2.24, 2.45) is 0 Å². The van der Waals surface area contributed by atoms with E-state index in [1.54, 1.807) is 6.07 Å². The third-order valence-electron chi connectivity index (χ3n) is 3.46. The smallest absolute Gasteiger partial charge is 0.0653 e. The van der Waals surface area contributed by atoms with E-state index in [2.05, 4.69) is 5.32 Å². The van der Waals surface area contributed by atoms with Gasteiger partial charge in [-0.1, -0.05) is 23.2 Å². The van der Waals surface area contributed by atoms with Crippen LogP contribution in [-0.2, 0) is 6.54 Å². The number of benzene rings is 1. The maximum Gasteiger partial charge on any atom is 0.0653 e. The van der Waals surface area contributed by atoms with Gasteiger partial charge in [-0.15, -0.1) is 0 Å². The predicted molar refractivity (Wildman–Crippen MR) is 76.0 cm³/mol. The number of nitrogen functional groups attached to an aromatic ring is 1. The first-order chi connectivity index (χ1) is 8.56. The zero-order valence-corrected chi connectivity index (χ0v) is 11.6. The molecule has 100 valence electrons. The molecule has 0 radical (unpaired) electrons. The third-order valence-corrected chi connectivity index (χ3v) is 3.99. The van der Waals surface area contributed by atoms with E-state index in [-0.39, 0.29) is 6.10 Å². The summed E-state index contributed by atoms with van der Waals surface area (Å²) < 4.78 is 0. The van der Waals surface area contributed by atoms with Crippen LogP contribution in [0.5, 0.6) is 0 Å². The molecule has 2 rings (SSSR count). The Morgan fingerprint density at radius 3 is 2.56 bits per heavy atom.